The molecule has 1 N–H and O–H groups in total. The largest absolute Gasteiger partial charge is 0.497 e. The number of ether oxygens (including phenoxy) is 4. The molecule has 3 aromatic carbocycles. The second kappa shape index (κ2) is 12.6. The molecule has 0 unspecified atom stereocenters. The van der Waals surface area contributed by atoms with Gasteiger partial charge >= 0.3 is 5.97 Å². The molecule has 0 saturated carbocycles. The number of carbonyl (C=O) groups is 1. The maximum Gasteiger partial charge on any atom is 0.328 e. The van der Waals surface area contributed by atoms with Gasteiger partial charge in [0.1, 0.15) is 22.8 Å². The summed E-state index contributed by atoms with van der Waals surface area (Å²) < 4.78 is 23.2. The van der Waals surface area contributed by atoms with Crippen molar-refractivity contribution in [2.24, 2.45) is 0 Å². The zero-order chi connectivity index (χ0) is 27.0. The first kappa shape index (κ1) is 27.2. The first-order valence-electron chi connectivity index (χ1n) is 12.7. The Labute approximate surface area is 224 Å². The third-order valence-corrected chi connectivity index (χ3v) is 7.06. The second-order valence-corrected chi connectivity index (χ2v) is 9.16. The molecule has 0 aliphatic carbocycles. The van der Waals surface area contributed by atoms with Crippen LogP contribution in [0.1, 0.15) is 29.5 Å². The van der Waals surface area contributed by atoms with E-state index in [-0.39, 0.29) is 6.04 Å². The van der Waals surface area contributed by atoms with Crippen LogP contribution in [0.4, 0.5) is 0 Å². The lowest BCUT2D eigenvalue weighted by Gasteiger charge is -2.37. The number of hydrogen-bond acceptors (Lipinski definition) is 6. The summed E-state index contributed by atoms with van der Waals surface area (Å²) in [6.45, 7) is 2.00. The van der Waals surface area contributed by atoms with Gasteiger partial charge in [-0.15, -0.1) is 0 Å². The Hall–Kier alpha value is -3.81. The van der Waals surface area contributed by atoms with Crippen molar-refractivity contribution in [3.63, 3.8) is 0 Å². The van der Waals surface area contributed by atoms with Crippen LogP contribution in [0.3, 0.4) is 0 Å². The summed E-state index contributed by atoms with van der Waals surface area (Å²) in [4.78, 5) is 13.3. The minimum atomic E-state index is -0.925. The molecule has 0 amide bonds. The third kappa shape index (κ3) is 6.01. The normalized spacial score (nSPS) is 16.0. The second-order valence-electron chi connectivity index (χ2n) is 9.16. The molecule has 4 rings (SSSR count). The molecule has 7 nitrogen and oxygen atoms in total. The number of benzene rings is 3. The van der Waals surface area contributed by atoms with Crippen LogP contribution >= 0.6 is 0 Å². The Balaban J connectivity index is 1.74. The number of nitrogens with zero attached hydrogens (tertiary/aromatic N) is 1. The molecule has 3 aromatic rings. The predicted molar refractivity (Wildman–Crippen MR) is 146 cm³/mol. The van der Waals surface area contributed by atoms with Gasteiger partial charge in [0.2, 0.25) is 0 Å². The average Bonchev–Trinajstić information content (AvgIpc) is 3.42. The number of carboxylic acid groups (broad SMARTS) is 1. The lowest BCUT2D eigenvalue weighted by atomic mass is 9.80. The van der Waals surface area contributed by atoms with E-state index in [2.05, 4.69) is 4.90 Å². The first-order chi connectivity index (χ1) is 18.5. The molecule has 0 spiro atoms. The first-order valence-corrected chi connectivity index (χ1v) is 12.7. The van der Waals surface area contributed by atoms with Crippen molar-refractivity contribution in [3.05, 3.63) is 102 Å². The Kier molecular flexibility index (Phi) is 9.05. The van der Waals surface area contributed by atoms with Crippen LogP contribution in [-0.2, 0) is 15.1 Å². The topological polar surface area (TPSA) is 77.5 Å². The van der Waals surface area contributed by atoms with Gasteiger partial charge in [0, 0.05) is 18.7 Å². The SMILES string of the molecule is COc1ccc(C(OCCN2CCC[C@@H]2/C=C/C(=O)O)(c2ccc(OC)cc2)c2ccc(OC)cc2)cc1. The third-order valence-electron chi connectivity index (χ3n) is 7.06. The quantitative estimate of drug-likeness (QED) is 0.264. The highest BCUT2D eigenvalue weighted by atomic mass is 16.5. The smallest absolute Gasteiger partial charge is 0.328 e. The number of rotatable bonds is 12. The zero-order valence-electron chi connectivity index (χ0n) is 22.1. The summed E-state index contributed by atoms with van der Waals surface area (Å²) in [5, 5.41) is 9.08. The molecule has 1 aliphatic rings. The van der Waals surface area contributed by atoms with Gasteiger partial charge in [0.15, 0.2) is 0 Å². The molecule has 7 heteroatoms. The molecule has 0 bridgehead atoms. The summed E-state index contributed by atoms with van der Waals surface area (Å²) in [5.74, 6) is 1.36. The van der Waals surface area contributed by atoms with Gasteiger partial charge in [-0.1, -0.05) is 42.5 Å². The van der Waals surface area contributed by atoms with E-state index in [1.54, 1.807) is 27.4 Å². The van der Waals surface area contributed by atoms with E-state index in [1.807, 2.05) is 72.8 Å². The fraction of sp³-hybridized carbons (Fsp3) is 0.323. The number of carboxylic acids is 1. The summed E-state index contributed by atoms with van der Waals surface area (Å²) >= 11 is 0. The minimum absolute atomic E-state index is 0.0899. The zero-order valence-corrected chi connectivity index (χ0v) is 22.1. The molecular weight excluding hydrogens is 482 g/mol. The number of hydrogen-bond donors (Lipinski definition) is 1. The summed E-state index contributed by atoms with van der Waals surface area (Å²) in [6, 6.07) is 23.9. The van der Waals surface area contributed by atoms with Gasteiger partial charge in [-0.05, 0) is 72.5 Å². The maximum atomic E-state index is 11.1. The molecule has 1 heterocycles. The van der Waals surface area contributed by atoms with E-state index in [1.165, 1.54) is 6.08 Å². The highest BCUT2D eigenvalue weighted by Gasteiger charge is 2.38. The fourth-order valence-corrected chi connectivity index (χ4v) is 5.08. The molecule has 0 radical (unpaired) electrons. The van der Waals surface area contributed by atoms with Crippen LogP contribution in [0.2, 0.25) is 0 Å². The van der Waals surface area contributed by atoms with Crippen LogP contribution in [0.15, 0.2) is 84.9 Å². The van der Waals surface area contributed by atoms with Crippen molar-refractivity contribution in [1.29, 1.82) is 0 Å². The van der Waals surface area contributed by atoms with Crippen LogP contribution < -0.4 is 14.2 Å². The molecule has 1 atom stereocenters. The van der Waals surface area contributed by atoms with E-state index in [9.17, 15) is 4.79 Å². The molecule has 200 valence electrons. The van der Waals surface area contributed by atoms with Crippen molar-refractivity contribution < 1.29 is 28.8 Å². The molecule has 1 saturated heterocycles. The summed E-state index contributed by atoms with van der Waals surface area (Å²) in [7, 11) is 4.95. The van der Waals surface area contributed by atoms with Crippen LogP contribution in [0, 0.1) is 0 Å². The van der Waals surface area contributed by atoms with E-state index in [0.29, 0.717) is 13.2 Å². The van der Waals surface area contributed by atoms with Gasteiger partial charge < -0.3 is 24.1 Å². The molecule has 1 fully saturated rings. The Morgan fingerprint density at radius 3 is 1.68 bits per heavy atom. The van der Waals surface area contributed by atoms with E-state index >= 15 is 0 Å². The summed E-state index contributed by atoms with van der Waals surface area (Å²) in [6.07, 6.45) is 4.97. The van der Waals surface area contributed by atoms with E-state index in [0.717, 1.165) is 53.3 Å². The minimum Gasteiger partial charge on any atom is -0.497 e. The molecule has 38 heavy (non-hydrogen) atoms. The summed E-state index contributed by atoms with van der Waals surface area (Å²) in [5.41, 5.74) is 1.95. The van der Waals surface area contributed by atoms with E-state index in [4.69, 9.17) is 24.1 Å². The van der Waals surface area contributed by atoms with Gasteiger partial charge in [-0.25, -0.2) is 4.79 Å². The monoisotopic (exact) mass is 517 g/mol. The highest BCUT2D eigenvalue weighted by Crippen LogP contribution is 2.42. The predicted octanol–water partition coefficient (Wildman–Crippen LogP) is 5.13. The van der Waals surface area contributed by atoms with Crippen LogP contribution in [0.25, 0.3) is 0 Å². The number of likely N-dealkylation sites (tertiary alicyclic amines) is 1. The number of methoxy groups -OCH3 is 3. The van der Waals surface area contributed by atoms with Crippen LogP contribution in [0.5, 0.6) is 17.2 Å². The van der Waals surface area contributed by atoms with E-state index < -0.39 is 11.6 Å². The maximum absolute atomic E-state index is 11.1. The van der Waals surface area contributed by atoms with Crippen LogP contribution in [-0.4, -0.2) is 63.0 Å². The standard InChI is InChI=1S/C31H35NO6/c1-35-27-13-6-23(7-14-27)31(24-8-15-28(36-2)16-9-24,25-10-17-29(37-3)18-11-25)38-22-21-32-20-4-5-26(32)12-19-30(33)34/h6-19,26H,4-5,20-22H2,1-3H3,(H,33,34)/b19-12+/t26-/m1/s1. The van der Waals surface area contributed by atoms with Gasteiger partial charge in [-0.3, -0.25) is 4.90 Å². The Morgan fingerprint density at radius 1 is 0.842 bits per heavy atom. The average molecular weight is 518 g/mol. The van der Waals surface area contributed by atoms with Gasteiger partial charge in [0.05, 0.1) is 27.9 Å². The molecule has 0 aromatic heterocycles. The Morgan fingerprint density at radius 2 is 1.29 bits per heavy atom. The molecule has 1 aliphatic heterocycles. The lowest BCUT2D eigenvalue weighted by Crippen LogP contribution is -2.37. The van der Waals surface area contributed by atoms with Crippen molar-refractivity contribution in [2.75, 3.05) is 41.0 Å². The molecular formula is C31H35NO6. The number of aliphatic carboxylic acids is 1. The van der Waals surface area contributed by atoms with Crippen molar-refractivity contribution in [3.8, 4) is 17.2 Å². The van der Waals surface area contributed by atoms with Gasteiger partial charge in [0.25, 0.3) is 0 Å². The lowest BCUT2D eigenvalue weighted by molar-refractivity contribution is -0.131. The highest BCUT2D eigenvalue weighted by molar-refractivity contribution is 5.79. The van der Waals surface area contributed by atoms with Crippen molar-refractivity contribution >= 4 is 5.97 Å². The van der Waals surface area contributed by atoms with Crippen molar-refractivity contribution in [2.45, 2.75) is 24.5 Å². The van der Waals surface area contributed by atoms with Gasteiger partial charge in [-0.2, -0.15) is 0 Å². The fourth-order valence-electron chi connectivity index (χ4n) is 5.08. The Bertz CT molecular complexity index is 1090. The van der Waals surface area contributed by atoms with Crippen molar-refractivity contribution in [1.82, 2.24) is 4.90 Å².